The lowest BCUT2D eigenvalue weighted by molar-refractivity contribution is 0.0693. The fourth-order valence-electron chi connectivity index (χ4n) is 1.58. The van der Waals surface area contributed by atoms with Crippen LogP contribution in [0.25, 0.3) is 0 Å². The van der Waals surface area contributed by atoms with Gasteiger partial charge in [0.05, 0.1) is 16.3 Å². The number of hydrogen-bond acceptors (Lipinski definition) is 6. The van der Waals surface area contributed by atoms with Crippen molar-refractivity contribution in [1.82, 2.24) is 0 Å². The van der Waals surface area contributed by atoms with Crippen LogP contribution in [-0.4, -0.2) is 29.2 Å². The van der Waals surface area contributed by atoms with E-state index < -0.39 is 21.8 Å². The van der Waals surface area contributed by atoms with Crippen LogP contribution < -0.4 is 0 Å². The molecule has 22 heavy (non-hydrogen) atoms. The van der Waals surface area contributed by atoms with E-state index in [1.165, 1.54) is 24.3 Å². The Morgan fingerprint density at radius 1 is 1.00 bits per heavy atom. The molecular weight excluding hydrogens is 312 g/mol. The largest absolute Gasteiger partial charge is 0.507 e. The molecule has 0 aliphatic heterocycles. The van der Waals surface area contributed by atoms with Crippen molar-refractivity contribution in [2.75, 3.05) is 0 Å². The summed E-state index contributed by atoms with van der Waals surface area (Å²) in [5.41, 5.74) is -0.0179. The summed E-state index contributed by atoms with van der Waals surface area (Å²) in [7, 11) is -4.34. The summed E-state index contributed by atoms with van der Waals surface area (Å²) in [6.45, 7) is 0. The molecule has 8 nitrogen and oxygen atoms in total. The van der Waals surface area contributed by atoms with E-state index in [1.54, 1.807) is 0 Å². The molecule has 114 valence electrons. The smallest absolute Gasteiger partial charge is 0.339 e. The van der Waals surface area contributed by atoms with Gasteiger partial charge in [-0.1, -0.05) is 6.07 Å². The molecule has 0 heterocycles. The lowest BCUT2D eigenvalue weighted by Gasteiger charge is -2.00. The third kappa shape index (κ3) is 3.65. The van der Waals surface area contributed by atoms with Crippen molar-refractivity contribution in [3.05, 3.63) is 48.0 Å². The van der Waals surface area contributed by atoms with Crippen LogP contribution in [0.4, 0.5) is 11.4 Å². The minimum atomic E-state index is -4.34. The maximum atomic E-state index is 11.0. The molecule has 0 aromatic heterocycles. The predicted molar refractivity (Wildman–Crippen MR) is 75.5 cm³/mol. The van der Waals surface area contributed by atoms with Crippen molar-refractivity contribution < 1.29 is 28.0 Å². The monoisotopic (exact) mass is 322 g/mol. The zero-order valence-electron chi connectivity index (χ0n) is 10.9. The molecule has 0 aliphatic rings. The number of carboxylic acids is 1. The van der Waals surface area contributed by atoms with Crippen LogP contribution >= 0.6 is 0 Å². The Hall–Kier alpha value is -2.78. The molecule has 2 aromatic rings. The van der Waals surface area contributed by atoms with Crippen molar-refractivity contribution in [3.8, 4) is 5.75 Å². The highest BCUT2D eigenvalue weighted by Gasteiger charge is 2.11. The van der Waals surface area contributed by atoms with Crippen LogP contribution in [0.1, 0.15) is 10.4 Å². The summed E-state index contributed by atoms with van der Waals surface area (Å²) in [4.78, 5) is 10.5. The fourth-order valence-corrected chi connectivity index (χ4v) is 2.10. The van der Waals surface area contributed by atoms with Crippen LogP contribution in [-0.2, 0) is 10.1 Å². The molecule has 0 bridgehead atoms. The summed E-state index contributed by atoms with van der Waals surface area (Å²) < 4.78 is 30.9. The standard InChI is InChI=1S/C13H10N2O6S/c16-12-5-4-9(7-11(12)13(17)18)15-14-8-2-1-3-10(6-8)22(19,20)21/h1-7,16H,(H,17,18)(H,19,20,21). The maximum Gasteiger partial charge on any atom is 0.339 e. The van der Waals surface area contributed by atoms with E-state index in [0.717, 1.165) is 18.2 Å². The first kappa shape index (κ1) is 15.6. The number of phenols is 1. The van der Waals surface area contributed by atoms with Crippen LogP contribution in [0.15, 0.2) is 57.6 Å². The van der Waals surface area contributed by atoms with Gasteiger partial charge >= 0.3 is 5.97 Å². The molecular formula is C13H10N2O6S. The van der Waals surface area contributed by atoms with E-state index in [-0.39, 0.29) is 21.8 Å². The molecule has 0 amide bonds. The van der Waals surface area contributed by atoms with Gasteiger partial charge in [-0.3, -0.25) is 4.55 Å². The summed E-state index contributed by atoms with van der Waals surface area (Å²) in [6.07, 6.45) is 0. The highest BCUT2D eigenvalue weighted by Crippen LogP contribution is 2.25. The molecule has 0 radical (unpaired) electrons. The van der Waals surface area contributed by atoms with Gasteiger partial charge in [0.15, 0.2) is 0 Å². The molecule has 2 aromatic carbocycles. The third-order valence-corrected chi connectivity index (χ3v) is 3.46. The summed E-state index contributed by atoms with van der Waals surface area (Å²) >= 11 is 0. The van der Waals surface area contributed by atoms with Crippen LogP contribution in [0.3, 0.4) is 0 Å². The molecule has 0 saturated carbocycles. The Labute approximate surface area is 125 Å². The zero-order chi connectivity index (χ0) is 16.3. The van der Waals surface area contributed by atoms with Crippen molar-refractivity contribution in [3.63, 3.8) is 0 Å². The first-order chi connectivity index (χ1) is 10.3. The number of benzene rings is 2. The summed E-state index contributed by atoms with van der Waals surface area (Å²) in [5, 5.41) is 25.8. The van der Waals surface area contributed by atoms with Crippen molar-refractivity contribution >= 4 is 27.5 Å². The van der Waals surface area contributed by atoms with Crippen molar-refractivity contribution in [1.29, 1.82) is 0 Å². The number of aromatic hydroxyl groups is 1. The Kier molecular flexibility index (Phi) is 4.20. The molecule has 0 fully saturated rings. The molecule has 0 saturated heterocycles. The third-order valence-electron chi connectivity index (χ3n) is 2.61. The molecule has 3 N–H and O–H groups in total. The van der Waals surface area contributed by atoms with Crippen LogP contribution in [0, 0.1) is 0 Å². The quantitative estimate of drug-likeness (QED) is 0.584. The first-order valence-corrected chi connectivity index (χ1v) is 7.27. The van der Waals surface area contributed by atoms with Crippen LogP contribution in [0.5, 0.6) is 5.75 Å². The summed E-state index contributed by atoms with van der Waals surface area (Å²) in [5.74, 6) is -1.72. The summed E-state index contributed by atoms with van der Waals surface area (Å²) in [6, 6.07) is 8.75. The molecule has 0 spiro atoms. The highest BCUT2D eigenvalue weighted by molar-refractivity contribution is 7.85. The van der Waals surface area contributed by atoms with E-state index in [2.05, 4.69) is 10.2 Å². The second-order valence-electron chi connectivity index (χ2n) is 4.18. The van der Waals surface area contributed by atoms with E-state index in [1.807, 2.05) is 0 Å². The minimum absolute atomic E-state index is 0.153. The van der Waals surface area contributed by atoms with Gasteiger partial charge < -0.3 is 10.2 Å². The van der Waals surface area contributed by atoms with Crippen molar-refractivity contribution in [2.45, 2.75) is 4.90 Å². The van der Waals surface area contributed by atoms with E-state index >= 15 is 0 Å². The minimum Gasteiger partial charge on any atom is -0.507 e. The zero-order valence-corrected chi connectivity index (χ0v) is 11.7. The van der Waals surface area contributed by atoms with E-state index in [9.17, 15) is 18.3 Å². The normalized spacial score (nSPS) is 11.7. The molecule has 0 atom stereocenters. The van der Waals surface area contributed by atoms with Gasteiger partial charge in [0.2, 0.25) is 0 Å². The van der Waals surface area contributed by atoms with E-state index in [4.69, 9.17) is 9.66 Å². The number of hydrogen-bond donors (Lipinski definition) is 3. The molecule has 0 unspecified atom stereocenters. The number of carbonyl (C=O) groups is 1. The molecule has 9 heteroatoms. The average molecular weight is 322 g/mol. The number of carboxylic acid groups (broad SMARTS) is 1. The number of azo groups is 1. The van der Waals surface area contributed by atoms with Crippen molar-refractivity contribution in [2.24, 2.45) is 10.2 Å². The predicted octanol–water partition coefficient (Wildman–Crippen LogP) is 2.75. The average Bonchev–Trinajstić information content (AvgIpc) is 2.45. The van der Waals surface area contributed by atoms with Gasteiger partial charge in [-0.05, 0) is 36.4 Å². The lowest BCUT2D eigenvalue weighted by Crippen LogP contribution is -1.96. The van der Waals surface area contributed by atoms with Gasteiger partial charge in [0, 0.05) is 0 Å². The number of nitrogens with zero attached hydrogens (tertiary/aromatic N) is 2. The lowest BCUT2D eigenvalue weighted by atomic mass is 10.2. The second kappa shape index (κ2) is 5.92. The van der Waals surface area contributed by atoms with Gasteiger partial charge in [-0.25, -0.2) is 4.79 Å². The second-order valence-corrected chi connectivity index (χ2v) is 5.60. The highest BCUT2D eigenvalue weighted by atomic mass is 32.2. The van der Waals surface area contributed by atoms with Gasteiger partial charge in [-0.2, -0.15) is 18.6 Å². The Bertz CT molecular complexity index is 861. The first-order valence-electron chi connectivity index (χ1n) is 5.83. The van der Waals surface area contributed by atoms with Crippen LogP contribution in [0.2, 0.25) is 0 Å². The number of aromatic carboxylic acids is 1. The van der Waals surface area contributed by atoms with E-state index in [0.29, 0.717) is 0 Å². The van der Waals surface area contributed by atoms with Gasteiger partial charge in [0.25, 0.3) is 10.1 Å². The SMILES string of the molecule is O=C(O)c1cc(N=Nc2cccc(S(=O)(=O)O)c2)ccc1O. The number of rotatable bonds is 4. The van der Waals surface area contributed by atoms with Gasteiger partial charge in [-0.15, -0.1) is 0 Å². The Morgan fingerprint density at radius 3 is 2.23 bits per heavy atom. The topological polar surface area (TPSA) is 137 Å². The maximum absolute atomic E-state index is 11.0. The fraction of sp³-hybridized carbons (Fsp3) is 0. The van der Waals surface area contributed by atoms with Gasteiger partial charge in [0.1, 0.15) is 11.3 Å². The molecule has 2 rings (SSSR count). The molecule has 0 aliphatic carbocycles. The Morgan fingerprint density at radius 2 is 1.64 bits per heavy atom. The Balaban J connectivity index is 2.33.